The number of aromatic nitrogens is 2. The van der Waals surface area contributed by atoms with E-state index in [9.17, 15) is 0 Å². The van der Waals surface area contributed by atoms with Gasteiger partial charge in [-0.05, 0) is 30.9 Å². The summed E-state index contributed by atoms with van der Waals surface area (Å²) in [5, 5.41) is 9.36. The lowest BCUT2D eigenvalue weighted by Crippen LogP contribution is -1.71. The van der Waals surface area contributed by atoms with Gasteiger partial charge in [-0.15, -0.1) is 11.8 Å². The quantitative estimate of drug-likeness (QED) is 0.678. The number of hydrogen-bond acceptors (Lipinski definition) is 2. The Labute approximate surface area is 75.4 Å². The van der Waals surface area contributed by atoms with E-state index in [0.717, 1.165) is 16.1 Å². The Kier molecular flexibility index (Phi) is 1.81. The van der Waals surface area contributed by atoms with E-state index in [2.05, 4.69) is 17.1 Å². The molecule has 1 radical (unpaired) electrons. The van der Waals surface area contributed by atoms with Crippen LogP contribution in [-0.4, -0.2) is 16.5 Å². The maximum absolute atomic E-state index is 4.17. The van der Waals surface area contributed by atoms with Gasteiger partial charge in [0, 0.05) is 5.39 Å². The highest BCUT2D eigenvalue weighted by Crippen LogP contribution is 2.23. The molecular formula is C9H9N2S. The van der Waals surface area contributed by atoms with Crippen LogP contribution in [0.2, 0.25) is 0 Å². The maximum Gasteiger partial charge on any atom is 0.125 e. The summed E-state index contributed by atoms with van der Waals surface area (Å²) in [5.74, 6) is 0. The fraction of sp³-hybridized carbons (Fsp3) is 0.111. The molecule has 1 N–H and O–H groups in total. The van der Waals surface area contributed by atoms with Gasteiger partial charge in [-0.3, -0.25) is 5.10 Å². The molecular weight excluding hydrogens is 168 g/mol. The number of fused-ring (bicyclic) bond motifs is 1. The lowest BCUT2D eigenvalue weighted by Gasteiger charge is -1.92. The molecule has 12 heavy (non-hydrogen) atoms. The average molecular weight is 177 g/mol. The molecule has 2 rings (SSSR count). The third kappa shape index (κ3) is 1.10. The second-order valence-electron chi connectivity index (χ2n) is 2.61. The van der Waals surface area contributed by atoms with Crippen LogP contribution in [0.15, 0.2) is 23.2 Å². The van der Waals surface area contributed by atoms with Crippen LogP contribution < -0.4 is 0 Å². The predicted molar refractivity (Wildman–Crippen MR) is 52.3 cm³/mol. The van der Waals surface area contributed by atoms with E-state index < -0.39 is 0 Å². The fourth-order valence-electron chi connectivity index (χ4n) is 1.20. The molecule has 0 aliphatic rings. The minimum Gasteiger partial charge on any atom is -0.277 e. The van der Waals surface area contributed by atoms with E-state index in [1.54, 1.807) is 11.8 Å². The Bertz CT molecular complexity index is 406. The zero-order valence-electron chi connectivity index (χ0n) is 6.79. The number of rotatable bonds is 1. The van der Waals surface area contributed by atoms with Crippen molar-refractivity contribution >= 4 is 22.7 Å². The number of hydrogen-bond donors (Lipinski definition) is 1. The molecule has 0 amide bonds. The predicted octanol–water partition coefficient (Wildman–Crippen LogP) is 2.47. The van der Waals surface area contributed by atoms with Crippen molar-refractivity contribution in [2.24, 2.45) is 0 Å². The first-order chi connectivity index (χ1) is 5.81. The molecule has 0 aliphatic heterocycles. The van der Waals surface area contributed by atoms with Crippen molar-refractivity contribution in [2.75, 3.05) is 6.26 Å². The standard InChI is InChI=1S/C9H9N2S/c1-6-3-4-7-8(5-6)10-11-9(7)12-2/h3-5H,1H2,2H3,(H,10,11). The van der Waals surface area contributed by atoms with Gasteiger partial charge in [-0.2, -0.15) is 5.10 Å². The number of H-pyrrole nitrogens is 1. The first-order valence-electron chi connectivity index (χ1n) is 3.65. The number of nitrogens with zero attached hydrogens (tertiary/aromatic N) is 1. The van der Waals surface area contributed by atoms with Crippen LogP contribution >= 0.6 is 11.8 Å². The van der Waals surface area contributed by atoms with Crippen LogP contribution in [0.3, 0.4) is 0 Å². The van der Waals surface area contributed by atoms with Gasteiger partial charge in [-0.25, -0.2) is 0 Å². The highest BCUT2D eigenvalue weighted by Gasteiger charge is 2.02. The summed E-state index contributed by atoms with van der Waals surface area (Å²) in [6, 6.07) is 6.05. The van der Waals surface area contributed by atoms with Crippen molar-refractivity contribution in [1.82, 2.24) is 10.2 Å². The SMILES string of the molecule is [CH2]c1ccc2c(SC)n[nH]c2c1. The average Bonchev–Trinajstić information content (AvgIpc) is 2.46. The third-order valence-electron chi connectivity index (χ3n) is 1.79. The Hall–Kier alpha value is -0.960. The third-order valence-corrected chi connectivity index (χ3v) is 2.48. The van der Waals surface area contributed by atoms with Crippen LogP contribution in [0, 0.1) is 6.92 Å². The fourth-order valence-corrected chi connectivity index (χ4v) is 1.73. The largest absolute Gasteiger partial charge is 0.277 e. The van der Waals surface area contributed by atoms with E-state index >= 15 is 0 Å². The van der Waals surface area contributed by atoms with E-state index in [1.165, 1.54) is 5.39 Å². The van der Waals surface area contributed by atoms with Gasteiger partial charge in [0.05, 0.1) is 5.52 Å². The van der Waals surface area contributed by atoms with Gasteiger partial charge >= 0.3 is 0 Å². The maximum atomic E-state index is 4.17. The highest BCUT2D eigenvalue weighted by atomic mass is 32.2. The van der Waals surface area contributed by atoms with E-state index in [-0.39, 0.29) is 0 Å². The molecule has 0 unspecified atom stereocenters. The van der Waals surface area contributed by atoms with Crippen LogP contribution in [0.1, 0.15) is 5.56 Å². The van der Waals surface area contributed by atoms with E-state index in [1.807, 2.05) is 24.5 Å². The highest BCUT2D eigenvalue weighted by molar-refractivity contribution is 7.98. The lowest BCUT2D eigenvalue weighted by molar-refractivity contribution is 1.03. The van der Waals surface area contributed by atoms with Gasteiger partial charge in [0.15, 0.2) is 0 Å². The summed E-state index contributed by atoms with van der Waals surface area (Å²) >= 11 is 1.65. The molecule has 1 heterocycles. The molecule has 0 bridgehead atoms. The lowest BCUT2D eigenvalue weighted by atomic mass is 10.2. The number of nitrogens with one attached hydrogen (secondary N) is 1. The zero-order chi connectivity index (χ0) is 8.55. The topological polar surface area (TPSA) is 28.7 Å². The Balaban J connectivity index is 2.73. The van der Waals surface area contributed by atoms with Crippen molar-refractivity contribution in [3.63, 3.8) is 0 Å². The number of benzene rings is 1. The van der Waals surface area contributed by atoms with Crippen LogP contribution in [0.25, 0.3) is 10.9 Å². The molecule has 0 spiro atoms. The van der Waals surface area contributed by atoms with Gasteiger partial charge in [-0.1, -0.05) is 6.07 Å². The summed E-state index contributed by atoms with van der Waals surface area (Å²) in [6.45, 7) is 3.85. The molecule has 61 valence electrons. The van der Waals surface area contributed by atoms with Crippen molar-refractivity contribution in [2.45, 2.75) is 5.03 Å². The minimum atomic E-state index is 1.01. The summed E-state index contributed by atoms with van der Waals surface area (Å²) < 4.78 is 0. The molecule has 1 aromatic carbocycles. The molecule has 2 nitrogen and oxygen atoms in total. The van der Waals surface area contributed by atoms with E-state index in [0.29, 0.717) is 0 Å². The van der Waals surface area contributed by atoms with Gasteiger partial charge < -0.3 is 0 Å². The summed E-state index contributed by atoms with van der Waals surface area (Å²) in [6.07, 6.45) is 2.02. The minimum absolute atomic E-state index is 1.01. The smallest absolute Gasteiger partial charge is 0.125 e. The molecule has 0 atom stereocenters. The van der Waals surface area contributed by atoms with Crippen molar-refractivity contribution in [3.8, 4) is 0 Å². The monoisotopic (exact) mass is 177 g/mol. The zero-order valence-corrected chi connectivity index (χ0v) is 7.61. The van der Waals surface area contributed by atoms with Crippen LogP contribution in [-0.2, 0) is 0 Å². The second kappa shape index (κ2) is 2.83. The Morgan fingerprint density at radius 3 is 3.08 bits per heavy atom. The van der Waals surface area contributed by atoms with Crippen molar-refractivity contribution in [1.29, 1.82) is 0 Å². The summed E-state index contributed by atoms with van der Waals surface area (Å²) in [7, 11) is 0. The van der Waals surface area contributed by atoms with Gasteiger partial charge in [0.25, 0.3) is 0 Å². The molecule has 0 aliphatic carbocycles. The van der Waals surface area contributed by atoms with Gasteiger partial charge in [0.1, 0.15) is 5.03 Å². The van der Waals surface area contributed by atoms with Crippen LogP contribution in [0.4, 0.5) is 0 Å². The second-order valence-corrected chi connectivity index (χ2v) is 3.41. The van der Waals surface area contributed by atoms with Gasteiger partial charge in [0.2, 0.25) is 0 Å². The Morgan fingerprint density at radius 2 is 2.33 bits per heavy atom. The normalized spacial score (nSPS) is 10.8. The Morgan fingerprint density at radius 1 is 1.50 bits per heavy atom. The van der Waals surface area contributed by atoms with Crippen molar-refractivity contribution in [3.05, 3.63) is 30.7 Å². The number of aromatic amines is 1. The molecule has 0 saturated heterocycles. The summed E-state index contributed by atoms with van der Waals surface area (Å²) in [5.41, 5.74) is 2.07. The molecule has 0 fully saturated rings. The van der Waals surface area contributed by atoms with Crippen molar-refractivity contribution < 1.29 is 0 Å². The summed E-state index contributed by atoms with van der Waals surface area (Å²) in [4.78, 5) is 0. The molecule has 2 aromatic rings. The first-order valence-corrected chi connectivity index (χ1v) is 4.88. The van der Waals surface area contributed by atoms with Crippen LogP contribution in [0.5, 0.6) is 0 Å². The molecule has 3 heteroatoms. The number of thioether (sulfide) groups is 1. The molecule has 1 aromatic heterocycles. The first kappa shape index (κ1) is 7.68. The molecule has 0 saturated carbocycles. The van der Waals surface area contributed by atoms with E-state index in [4.69, 9.17) is 0 Å².